The van der Waals surface area contributed by atoms with Gasteiger partial charge in [0.05, 0.1) is 7.11 Å². The van der Waals surface area contributed by atoms with Crippen LogP contribution in [-0.4, -0.2) is 66.8 Å². The van der Waals surface area contributed by atoms with Gasteiger partial charge in [0.2, 0.25) is 0 Å². The second-order valence-electron chi connectivity index (χ2n) is 7.23. The summed E-state index contributed by atoms with van der Waals surface area (Å²) in [6.45, 7) is 0.984. The van der Waals surface area contributed by atoms with E-state index in [1.54, 1.807) is 4.90 Å². The van der Waals surface area contributed by atoms with Crippen molar-refractivity contribution in [1.82, 2.24) is 9.80 Å². The second-order valence-corrected chi connectivity index (χ2v) is 7.23. The average molecular weight is 397 g/mol. The molecular weight excluding hydrogens is 374 g/mol. The molecule has 29 heavy (non-hydrogen) atoms. The number of rotatable bonds is 3. The number of hydrogen-bond donors (Lipinski definition) is 1. The number of piperidine rings is 1. The van der Waals surface area contributed by atoms with Crippen LogP contribution >= 0.6 is 0 Å². The van der Waals surface area contributed by atoms with Crippen LogP contribution in [0.15, 0.2) is 42.5 Å². The Hall–Kier alpha value is -3.29. The van der Waals surface area contributed by atoms with E-state index in [4.69, 9.17) is 9.47 Å². The zero-order chi connectivity index (χ0) is 20.4. The van der Waals surface area contributed by atoms with Crippen molar-refractivity contribution in [2.24, 2.45) is 0 Å². The molecule has 0 aromatic heterocycles. The number of ether oxygens (including phenoxy) is 2. The van der Waals surface area contributed by atoms with E-state index in [0.29, 0.717) is 25.9 Å². The molecule has 2 fully saturated rings. The summed E-state index contributed by atoms with van der Waals surface area (Å²) >= 11 is 0. The van der Waals surface area contributed by atoms with Crippen molar-refractivity contribution in [2.75, 3.05) is 32.1 Å². The molecule has 8 heteroatoms. The summed E-state index contributed by atoms with van der Waals surface area (Å²) in [7, 11) is 1.29. The maximum atomic E-state index is 12.7. The van der Waals surface area contributed by atoms with Gasteiger partial charge in [-0.15, -0.1) is 0 Å². The molecule has 3 amide bonds. The lowest BCUT2D eigenvalue weighted by atomic mass is 10.0. The van der Waals surface area contributed by atoms with Gasteiger partial charge in [-0.05, 0) is 35.7 Å². The minimum absolute atomic E-state index is 0.00811. The molecule has 0 aliphatic carbocycles. The Labute approximate surface area is 168 Å². The number of cyclic esters (lactones) is 1. The number of nitrogens with zero attached hydrogens (tertiary/aromatic N) is 2. The van der Waals surface area contributed by atoms with Gasteiger partial charge in [-0.2, -0.15) is 0 Å². The van der Waals surface area contributed by atoms with E-state index in [1.807, 2.05) is 42.5 Å². The van der Waals surface area contributed by atoms with Crippen LogP contribution in [0.4, 0.5) is 15.3 Å². The molecule has 2 aromatic rings. The van der Waals surface area contributed by atoms with Crippen molar-refractivity contribution in [1.29, 1.82) is 0 Å². The number of carbonyl (C=O) groups excluding carboxylic acids is 3. The number of anilines is 1. The maximum absolute atomic E-state index is 12.7. The zero-order valence-corrected chi connectivity index (χ0v) is 16.2. The minimum Gasteiger partial charge on any atom is -0.467 e. The summed E-state index contributed by atoms with van der Waals surface area (Å²) in [5.74, 6) is -0.479. The number of fused-ring (bicyclic) bond motifs is 1. The molecule has 152 valence electrons. The Morgan fingerprint density at radius 3 is 2.55 bits per heavy atom. The number of hydrogen-bond acceptors (Lipinski definition) is 5. The number of urea groups is 1. The highest BCUT2D eigenvalue weighted by Crippen LogP contribution is 2.25. The number of amides is 3. The monoisotopic (exact) mass is 397 g/mol. The van der Waals surface area contributed by atoms with Crippen LogP contribution in [-0.2, 0) is 14.3 Å². The lowest BCUT2D eigenvalue weighted by Gasteiger charge is -2.37. The van der Waals surface area contributed by atoms with Crippen LogP contribution in [0.2, 0.25) is 0 Å². The fourth-order valence-electron chi connectivity index (χ4n) is 3.97. The first-order valence-corrected chi connectivity index (χ1v) is 9.64. The molecule has 1 atom stereocenters. The molecule has 0 radical (unpaired) electrons. The SMILES string of the molecule is COC(=O)C1COC(=O)N1C1CCN(C(=O)Nc2ccc3ccccc3c2)CC1. The van der Waals surface area contributed by atoms with E-state index in [2.05, 4.69) is 5.32 Å². The zero-order valence-electron chi connectivity index (χ0n) is 16.2. The Morgan fingerprint density at radius 1 is 1.10 bits per heavy atom. The summed E-state index contributed by atoms with van der Waals surface area (Å²) in [6, 6.07) is 12.7. The number of benzene rings is 2. The van der Waals surface area contributed by atoms with Crippen LogP contribution in [0.1, 0.15) is 12.8 Å². The highest BCUT2D eigenvalue weighted by Gasteiger charge is 2.44. The third kappa shape index (κ3) is 3.83. The summed E-state index contributed by atoms with van der Waals surface area (Å²) < 4.78 is 9.81. The molecule has 2 heterocycles. The number of likely N-dealkylation sites (tertiary alicyclic amines) is 1. The van der Waals surface area contributed by atoms with Gasteiger partial charge in [-0.1, -0.05) is 30.3 Å². The first-order chi connectivity index (χ1) is 14.1. The smallest absolute Gasteiger partial charge is 0.410 e. The van der Waals surface area contributed by atoms with Gasteiger partial charge in [0.1, 0.15) is 6.61 Å². The Bertz CT molecular complexity index is 939. The molecule has 0 saturated carbocycles. The summed E-state index contributed by atoms with van der Waals surface area (Å²) in [6.07, 6.45) is 0.654. The quantitative estimate of drug-likeness (QED) is 0.805. The van der Waals surface area contributed by atoms with Crippen molar-refractivity contribution >= 4 is 34.6 Å². The molecular formula is C21H23N3O5. The fraction of sp³-hybridized carbons (Fsp3) is 0.381. The van der Waals surface area contributed by atoms with E-state index >= 15 is 0 Å². The van der Waals surface area contributed by atoms with E-state index in [0.717, 1.165) is 16.5 Å². The Kier molecular flexibility index (Phi) is 5.24. The van der Waals surface area contributed by atoms with Crippen molar-refractivity contribution < 1.29 is 23.9 Å². The molecule has 2 aliphatic heterocycles. The molecule has 2 saturated heterocycles. The maximum Gasteiger partial charge on any atom is 0.410 e. The lowest BCUT2D eigenvalue weighted by molar-refractivity contribution is -0.145. The van der Waals surface area contributed by atoms with Crippen molar-refractivity contribution in [3.05, 3.63) is 42.5 Å². The second kappa shape index (κ2) is 7.98. The van der Waals surface area contributed by atoms with Crippen molar-refractivity contribution in [3.8, 4) is 0 Å². The summed E-state index contributed by atoms with van der Waals surface area (Å²) in [5, 5.41) is 5.12. The first kappa shape index (κ1) is 19.0. The number of carbonyl (C=O) groups is 3. The molecule has 0 spiro atoms. The fourth-order valence-corrected chi connectivity index (χ4v) is 3.97. The summed E-state index contributed by atoms with van der Waals surface area (Å²) in [4.78, 5) is 39.8. The average Bonchev–Trinajstić information content (AvgIpc) is 3.14. The van der Waals surface area contributed by atoms with Gasteiger partial charge in [-0.3, -0.25) is 4.90 Å². The first-order valence-electron chi connectivity index (χ1n) is 9.64. The molecule has 2 aromatic carbocycles. The molecule has 4 rings (SSSR count). The Morgan fingerprint density at radius 2 is 1.83 bits per heavy atom. The number of methoxy groups -OCH3 is 1. The summed E-state index contributed by atoms with van der Waals surface area (Å²) in [5.41, 5.74) is 0.740. The van der Waals surface area contributed by atoms with Gasteiger partial charge >= 0.3 is 18.1 Å². The molecule has 1 N–H and O–H groups in total. The topological polar surface area (TPSA) is 88.2 Å². The van der Waals surface area contributed by atoms with Crippen LogP contribution in [0.3, 0.4) is 0 Å². The predicted octanol–water partition coefficient (Wildman–Crippen LogP) is 2.83. The van der Waals surface area contributed by atoms with Crippen molar-refractivity contribution in [2.45, 2.75) is 24.9 Å². The molecule has 8 nitrogen and oxygen atoms in total. The van der Waals surface area contributed by atoms with Gasteiger partial charge in [0.25, 0.3) is 0 Å². The third-order valence-electron chi connectivity index (χ3n) is 5.53. The standard InChI is InChI=1S/C21H23N3O5/c1-28-19(25)18-13-29-21(27)24(18)17-8-10-23(11-9-17)20(26)22-16-7-6-14-4-2-3-5-15(14)12-16/h2-7,12,17-18H,8-11,13H2,1H3,(H,22,26). The van der Waals surface area contributed by atoms with E-state index in [-0.39, 0.29) is 18.7 Å². The molecule has 0 bridgehead atoms. The number of nitrogens with one attached hydrogen (secondary N) is 1. The Balaban J connectivity index is 1.36. The molecule has 2 aliphatic rings. The number of esters is 1. The van der Waals surface area contributed by atoms with E-state index < -0.39 is 18.1 Å². The van der Waals surface area contributed by atoms with E-state index in [9.17, 15) is 14.4 Å². The minimum atomic E-state index is -0.713. The van der Waals surface area contributed by atoms with Crippen LogP contribution in [0.5, 0.6) is 0 Å². The van der Waals surface area contributed by atoms with Crippen LogP contribution in [0.25, 0.3) is 10.8 Å². The highest BCUT2D eigenvalue weighted by atomic mass is 16.6. The third-order valence-corrected chi connectivity index (χ3v) is 5.53. The highest BCUT2D eigenvalue weighted by molar-refractivity contribution is 5.93. The normalized spacial score (nSPS) is 19.9. The van der Waals surface area contributed by atoms with Gasteiger partial charge in [0, 0.05) is 24.8 Å². The van der Waals surface area contributed by atoms with Crippen LogP contribution in [0, 0.1) is 0 Å². The predicted molar refractivity (Wildman–Crippen MR) is 107 cm³/mol. The van der Waals surface area contributed by atoms with Gasteiger partial charge in [-0.25, -0.2) is 14.4 Å². The van der Waals surface area contributed by atoms with Crippen molar-refractivity contribution in [3.63, 3.8) is 0 Å². The van der Waals surface area contributed by atoms with Gasteiger partial charge in [0.15, 0.2) is 6.04 Å². The molecule has 1 unspecified atom stereocenters. The van der Waals surface area contributed by atoms with Crippen LogP contribution < -0.4 is 5.32 Å². The lowest BCUT2D eigenvalue weighted by Crippen LogP contribution is -2.52. The van der Waals surface area contributed by atoms with E-state index in [1.165, 1.54) is 12.0 Å². The largest absolute Gasteiger partial charge is 0.467 e. The van der Waals surface area contributed by atoms with Gasteiger partial charge < -0.3 is 19.7 Å².